The van der Waals surface area contributed by atoms with E-state index in [-0.39, 0.29) is 34.7 Å². The molecule has 0 spiro atoms. The first-order valence-electron chi connectivity index (χ1n) is 10.5. The number of fused-ring (bicyclic) bond motifs is 4. The van der Waals surface area contributed by atoms with Crippen molar-refractivity contribution < 1.29 is 17.9 Å². The van der Waals surface area contributed by atoms with Crippen molar-refractivity contribution in [3.05, 3.63) is 58.0 Å². The first kappa shape index (κ1) is 21.6. The maximum atomic E-state index is 13.1. The lowest BCUT2D eigenvalue weighted by Crippen LogP contribution is -2.49. The summed E-state index contributed by atoms with van der Waals surface area (Å²) in [4.78, 5) is 25.7. The van der Waals surface area contributed by atoms with E-state index in [0.29, 0.717) is 37.4 Å². The minimum atomic E-state index is -3.27. The molecule has 0 unspecified atom stereocenters. The highest BCUT2D eigenvalue weighted by atomic mass is 32.2. The van der Waals surface area contributed by atoms with Gasteiger partial charge in [-0.15, -0.1) is 0 Å². The topological polar surface area (TPSA) is 97.7 Å². The fourth-order valence-corrected chi connectivity index (χ4v) is 6.17. The minimum Gasteiger partial charge on any atom is -0.497 e. The van der Waals surface area contributed by atoms with Crippen molar-refractivity contribution in [3.8, 4) is 5.75 Å². The third kappa shape index (κ3) is 4.24. The average Bonchev–Trinajstić information content (AvgIpc) is 2.76. The van der Waals surface area contributed by atoms with Crippen LogP contribution in [0.3, 0.4) is 0 Å². The zero-order chi connectivity index (χ0) is 22.2. The van der Waals surface area contributed by atoms with E-state index in [1.165, 1.54) is 0 Å². The molecule has 1 N–H and O–H groups in total. The number of amides is 1. The Balaban J connectivity index is 1.56. The van der Waals surface area contributed by atoms with Crippen LogP contribution in [0.25, 0.3) is 0 Å². The van der Waals surface area contributed by atoms with E-state index in [1.54, 1.807) is 46.3 Å². The number of ether oxygens (including phenoxy) is 1. The van der Waals surface area contributed by atoms with Gasteiger partial charge in [-0.1, -0.05) is 6.92 Å². The lowest BCUT2D eigenvalue weighted by Gasteiger charge is -2.42. The van der Waals surface area contributed by atoms with E-state index in [4.69, 9.17) is 4.74 Å². The van der Waals surface area contributed by atoms with Gasteiger partial charge in [0.15, 0.2) is 0 Å². The first-order chi connectivity index (χ1) is 14.8. The number of carbonyl (C=O) groups excluding carboxylic acids is 1. The third-order valence-corrected chi connectivity index (χ3v) is 8.04. The summed E-state index contributed by atoms with van der Waals surface area (Å²) in [7, 11) is -1.72. The maximum Gasteiger partial charge on any atom is 0.274 e. The number of methoxy groups -OCH3 is 1. The third-order valence-electron chi connectivity index (χ3n) is 6.03. The van der Waals surface area contributed by atoms with Gasteiger partial charge in [0.1, 0.15) is 11.4 Å². The van der Waals surface area contributed by atoms with Crippen molar-refractivity contribution in [2.45, 2.75) is 32.2 Å². The summed E-state index contributed by atoms with van der Waals surface area (Å²) >= 11 is 0. The van der Waals surface area contributed by atoms with Crippen LogP contribution in [-0.2, 0) is 16.6 Å². The van der Waals surface area contributed by atoms with E-state index in [9.17, 15) is 18.0 Å². The maximum absolute atomic E-state index is 13.1. The highest BCUT2D eigenvalue weighted by Crippen LogP contribution is 2.36. The molecule has 2 aromatic rings. The molecule has 2 bridgehead atoms. The van der Waals surface area contributed by atoms with Crippen molar-refractivity contribution in [2.75, 3.05) is 31.3 Å². The van der Waals surface area contributed by atoms with Crippen molar-refractivity contribution in [3.63, 3.8) is 0 Å². The van der Waals surface area contributed by atoms with Gasteiger partial charge in [-0.25, -0.2) is 12.7 Å². The second kappa shape index (κ2) is 8.47. The largest absolute Gasteiger partial charge is 0.497 e. The summed E-state index contributed by atoms with van der Waals surface area (Å²) in [6.45, 7) is 3.15. The molecule has 8 nitrogen and oxygen atoms in total. The Kier molecular flexibility index (Phi) is 5.90. The van der Waals surface area contributed by atoms with Crippen molar-refractivity contribution in [1.29, 1.82) is 0 Å². The van der Waals surface area contributed by atoms with Crippen LogP contribution in [0.5, 0.6) is 5.75 Å². The number of hydrogen-bond donors (Lipinski definition) is 1. The first-order valence-corrected chi connectivity index (χ1v) is 12.1. The van der Waals surface area contributed by atoms with Gasteiger partial charge in [0.25, 0.3) is 11.5 Å². The van der Waals surface area contributed by atoms with Crippen molar-refractivity contribution >= 4 is 21.6 Å². The predicted molar refractivity (Wildman–Crippen MR) is 118 cm³/mol. The van der Waals surface area contributed by atoms with E-state index < -0.39 is 10.0 Å². The van der Waals surface area contributed by atoms with Crippen LogP contribution >= 0.6 is 0 Å². The molecule has 0 saturated carbocycles. The number of pyridine rings is 1. The van der Waals surface area contributed by atoms with Gasteiger partial charge < -0.3 is 14.6 Å². The van der Waals surface area contributed by atoms with Gasteiger partial charge >= 0.3 is 0 Å². The Morgan fingerprint density at radius 1 is 1.13 bits per heavy atom. The number of benzene rings is 1. The molecule has 2 aliphatic heterocycles. The van der Waals surface area contributed by atoms with Gasteiger partial charge in [-0.3, -0.25) is 9.59 Å². The van der Waals surface area contributed by atoms with E-state index in [2.05, 4.69) is 5.32 Å². The number of anilines is 1. The molecule has 166 valence electrons. The average molecular weight is 446 g/mol. The summed E-state index contributed by atoms with van der Waals surface area (Å²) in [5, 5.41) is 2.71. The Bertz CT molecular complexity index is 1140. The number of rotatable bonds is 6. The number of hydrogen-bond acceptors (Lipinski definition) is 5. The molecule has 2 atom stereocenters. The number of nitrogens with one attached hydrogen (secondary N) is 1. The summed E-state index contributed by atoms with van der Waals surface area (Å²) in [6.07, 6.45) is 1.45. The molecule has 1 fully saturated rings. The lowest BCUT2D eigenvalue weighted by atomic mass is 9.84. The van der Waals surface area contributed by atoms with Crippen molar-refractivity contribution in [1.82, 2.24) is 8.87 Å². The number of aromatic nitrogens is 1. The standard InChI is InChI=1S/C22H27N3O5S/c1-3-10-31(28,29)24-12-15-11-17(14-24)20-9-8-19(22(27)25(20)13-15)23-21(26)16-4-6-18(30-2)7-5-16/h4-9,15,17H,3,10-14H2,1-2H3,(H,23,26)/t15-,17+/m0/s1. The fourth-order valence-electron chi connectivity index (χ4n) is 4.55. The second-order valence-corrected chi connectivity index (χ2v) is 10.3. The zero-order valence-corrected chi connectivity index (χ0v) is 18.5. The quantitative estimate of drug-likeness (QED) is 0.736. The molecule has 0 aliphatic carbocycles. The molecule has 3 heterocycles. The molecule has 0 radical (unpaired) electrons. The Hall–Kier alpha value is -2.65. The number of carbonyl (C=O) groups is 1. The highest BCUT2D eigenvalue weighted by molar-refractivity contribution is 7.89. The molecule has 2 aliphatic rings. The summed E-state index contributed by atoms with van der Waals surface area (Å²) in [5.41, 5.74) is 1.23. The molecular weight excluding hydrogens is 418 g/mol. The SMILES string of the molecule is CCCS(=O)(=O)N1C[C@@H]2C[C@H](C1)c1ccc(NC(=O)c3ccc(OC)cc3)c(=O)n1C2. The Morgan fingerprint density at radius 3 is 2.55 bits per heavy atom. The second-order valence-electron chi connectivity index (χ2n) is 8.20. The van der Waals surface area contributed by atoms with Crippen LogP contribution in [0.2, 0.25) is 0 Å². The van der Waals surface area contributed by atoms with Gasteiger partial charge in [0, 0.05) is 36.8 Å². The van der Waals surface area contributed by atoms with Crippen LogP contribution in [0.4, 0.5) is 5.69 Å². The summed E-state index contributed by atoms with van der Waals surface area (Å²) in [6, 6.07) is 10.1. The number of sulfonamides is 1. The number of piperidine rings is 1. The van der Waals surface area contributed by atoms with Crippen LogP contribution in [0.1, 0.15) is 41.7 Å². The van der Waals surface area contributed by atoms with Crippen molar-refractivity contribution in [2.24, 2.45) is 5.92 Å². The smallest absolute Gasteiger partial charge is 0.274 e. The predicted octanol–water partition coefficient (Wildman–Crippen LogP) is 2.27. The molecule has 1 amide bonds. The Morgan fingerprint density at radius 2 is 1.87 bits per heavy atom. The molecule has 4 rings (SSSR count). The summed E-state index contributed by atoms with van der Waals surface area (Å²) in [5.74, 6) is 0.497. The highest BCUT2D eigenvalue weighted by Gasteiger charge is 2.38. The van der Waals surface area contributed by atoms with Crippen LogP contribution < -0.4 is 15.6 Å². The molecule has 1 saturated heterocycles. The molecule has 1 aromatic heterocycles. The van der Waals surface area contributed by atoms with Gasteiger partial charge in [-0.2, -0.15) is 0 Å². The molecule has 31 heavy (non-hydrogen) atoms. The monoisotopic (exact) mass is 445 g/mol. The lowest BCUT2D eigenvalue weighted by molar-refractivity contribution is 0.102. The fraction of sp³-hybridized carbons (Fsp3) is 0.455. The molecule has 1 aromatic carbocycles. The minimum absolute atomic E-state index is 0.0156. The number of nitrogens with zero attached hydrogens (tertiary/aromatic N) is 2. The van der Waals surface area contributed by atoms with E-state index in [1.807, 2.05) is 13.0 Å². The van der Waals surface area contributed by atoms with E-state index >= 15 is 0 Å². The normalized spacial score (nSPS) is 20.7. The Labute approximate surface area is 181 Å². The van der Waals surface area contributed by atoms with Crippen LogP contribution in [0, 0.1) is 5.92 Å². The van der Waals surface area contributed by atoms with Gasteiger partial charge in [0.2, 0.25) is 10.0 Å². The van der Waals surface area contributed by atoms with Crippen LogP contribution in [-0.4, -0.2) is 49.1 Å². The summed E-state index contributed by atoms with van der Waals surface area (Å²) < 4.78 is 33.5. The molecular formula is C22H27N3O5S. The zero-order valence-electron chi connectivity index (χ0n) is 17.7. The molecule has 9 heteroatoms. The van der Waals surface area contributed by atoms with Gasteiger partial charge in [0.05, 0.1) is 12.9 Å². The van der Waals surface area contributed by atoms with Gasteiger partial charge in [-0.05, 0) is 55.2 Å². The van der Waals surface area contributed by atoms with E-state index in [0.717, 1.165) is 12.1 Å². The van der Waals surface area contributed by atoms with Crippen LogP contribution in [0.15, 0.2) is 41.2 Å².